The summed E-state index contributed by atoms with van der Waals surface area (Å²) in [7, 11) is 0.422. The van der Waals surface area contributed by atoms with Gasteiger partial charge in [0, 0.05) is 4.57 Å². The molecule has 3 aromatic rings. The highest BCUT2D eigenvalue weighted by atomic mass is 31.1. The average molecular weight is 453 g/mol. The van der Waals surface area contributed by atoms with Crippen LogP contribution in [0.3, 0.4) is 0 Å². The number of hydrogen-bond donors (Lipinski definition) is 1. The second-order valence-corrected chi connectivity index (χ2v) is 7.62. The number of hydrogen-bond acceptors (Lipinski definition) is 5. The van der Waals surface area contributed by atoms with Crippen LogP contribution in [0.15, 0.2) is 91.5 Å². The fourth-order valence-corrected chi connectivity index (χ4v) is 3.92. The van der Waals surface area contributed by atoms with E-state index < -0.39 is 20.0 Å². The van der Waals surface area contributed by atoms with E-state index in [1.165, 1.54) is 6.08 Å². The van der Waals surface area contributed by atoms with Crippen molar-refractivity contribution >= 4 is 8.25 Å². The maximum atomic E-state index is 11.2. The fraction of sp³-hybridized carbons (Fsp3) is 0.200. The Kier molecular flexibility index (Phi) is 8.14. The average Bonchev–Trinajstić information content (AvgIpc) is 2.84. The maximum absolute atomic E-state index is 11.2. The monoisotopic (exact) mass is 453 g/mol. The molecule has 32 heavy (non-hydrogen) atoms. The highest BCUT2D eigenvalue weighted by Gasteiger charge is 2.39. The Bertz CT molecular complexity index is 971. The molecule has 3 aromatic carbocycles. The molecule has 7 heteroatoms. The van der Waals surface area contributed by atoms with Crippen LogP contribution in [0.5, 0.6) is 11.5 Å². The van der Waals surface area contributed by atoms with Gasteiger partial charge in [0.15, 0.2) is 6.10 Å². The second kappa shape index (κ2) is 11.0. The van der Waals surface area contributed by atoms with Crippen molar-refractivity contribution in [1.82, 2.24) is 0 Å². The predicted molar refractivity (Wildman–Crippen MR) is 123 cm³/mol. The summed E-state index contributed by atoms with van der Waals surface area (Å²) in [5, 5.41) is 0. The molecule has 2 atom stereocenters. The molecule has 0 spiro atoms. The lowest BCUT2D eigenvalue weighted by molar-refractivity contribution is -0.0192. The normalized spacial score (nSPS) is 12.7. The third kappa shape index (κ3) is 5.23. The first kappa shape index (κ1) is 23.6. The molecule has 166 valence electrons. The number of rotatable bonds is 11. The second-order valence-electron chi connectivity index (χ2n) is 6.93. The lowest BCUT2D eigenvalue weighted by Crippen LogP contribution is -2.35. The van der Waals surface area contributed by atoms with Crippen LogP contribution in [0.2, 0.25) is 0 Å². The SMILES string of the molecule is C=CC(COC(c1ccccc1)(c1ccc(OC)cc1)c1ccc(OC)cc1)O[P+](=O)O. The van der Waals surface area contributed by atoms with Gasteiger partial charge in [-0.25, -0.2) is 0 Å². The van der Waals surface area contributed by atoms with Gasteiger partial charge in [0.05, 0.1) is 20.8 Å². The summed E-state index contributed by atoms with van der Waals surface area (Å²) in [6, 6.07) is 25.0. The van der Waals surface area contributed by atoms with Crippen molar-refractivity contribution in [2.24, 2.45) is 0 Å². The molecule has 0 amide bonds. The largest absolute Gasteiger partial charge is 0.695 e. The number of ether oxygens (including phenoxy) is 3. The van der Waals surface area contributed by atoms with Crippen molar-refractivity contribution < 1.29 is 28.2 Å². The van der Waals surface area contributed by atoms with Crippen LogP contribution in [-0.4, -0.2) is 31.8 Å². The molecule has 2 unspecified atom stereocenters. The maximum Gasteiger partial charge on any atom is 0.695 e. The predicted octanol–water partition coefficient (Wildman–Crippen LogP) is 5.23. The molecular weight excluding hydrogens is 427 g/mol. The van der Waals surface area contributed by atoms with Gasteiger partial charge in [-0.15, -0.1) is 16.0 Å². The molecule has 6 nitrogen and oxygen atoms in total. The van der Waals surface area contributed by atoms with Crippen molar-refractivity contribution in [3.63, 3.8) is 0 Å². The summed E-state index contributed by atoms with van der Waals surface area (Å²) < 4.78 is 33.5. The van der Waals surface area contributed by atoms with E-state index in [1.807, 2.05) is 78.9 Å². The molecule has 0 heterocycles. The van der Waals surface area contributed by atoms with Crippen molar-refractivity contribution in [3.8, 4) is 11.5 Å². The third-order valence-electron chi connectivity index (χ3n) is 5.13. The summed E-state index contributed by atoms with van der Waals surface area (Å²) in [5.74, 6) is 1.44. The summed E-state index contributed by atoms with van der Waals surface area (Å²) in [6.07, 6.45) is 0.671. The van der Waals surface area contributed by atoms with Gasteiger partial charge >= 0.3 is 8.25 Å². The zero-order valence-corrected chi connectivity index (χ0v) is 18.9. The minimum atomic E-state index is -2.80. The lowest BCUT2D eigenvalue weighted by atomic mass is 9.80. The molecule has 0 radical (unpaired) electrons. The third-order valence-corrected chi connectivity index (χ3v) is 5.58. The quantitative estimate of drug-likeness (QED) is 0.243. The van der Waals surface area contributed by atoms with Crippen molar-refractivity contribution in [2.75, 3.05) is 20.8 Å². The van der Waals surface area contributed by atoms with Gasteiger partial charge in [0.25, 0.3) is 0 Å². The Balaban J connectivity index is 2.18. The highest BCUT2D eigenvalue weighted by Crippen LogP contribution is 2.42. The standard InChI is InChI=1S/C25H25O6P/c1-4-22(31-32(26)27)18-30-25(19-8-6-5-7-9-19,20-10-14-23(28-2)15-11-20)21-12-16-24(29-3)17-13-21/h4-17,22H,1,18H2,2-3H3/p+1. The Morgan fingerprint density at radius 2 is 1.34 bits per heavy atom. The van der Waals surface area contributed by atoms with Crippen molar-refractivity contribution in [1.29, 1.82) is 0 Å². The van der Waals surface area contributed by atoms with Crippen LogP contribution in [0.25, 0.3) is 0 Å². The van der Waals surface area contributed by atoms with Gasteiger partial charge in [0.1, 0.15) is 17.1 Å². The smallest absolute Gasteiger partial charge is 0.497 e. The zero-order valence-electron chi connectivity index (χ0n) is 18.0. The van der Waals surface area contributed by atoms with Crippen LogP contribution in [-0.2, 0) is 19.4 Å². The van der Waals surface area contributed by atoms with Crippen LogP contribution in [0.1, 0.15) is 16.7 Å². The summed E-state index contributed by atoms with van der Waals surface area (Å²) in [4.78, 5) is 9.21. The first-order valence-electron chi connectivity index (χ1n) is 9.97. The van der Waals surface area contributed by atoms with Crippen LogP contribution in [0, 0.1) is 0 Å². The van der Waals surface area contributed by atoms with E-state index >= 15 is 0 Å². The Morgan fingerprint density at radius 3 is 1.75 bits per heavy atom. The molecule has 0 aliphatic heterocycles. The summed E-state index contributed by atoms with van der Waals surface area (Å²) >= 11 is 0. The number of methoxy groups -OCH3 is 2. The van der Waals surface area contributed by atoms with E-state index in [9.17, 15) is 9.46 Å². The summed E-state index contributed by atoms with van der Waals surface area (Å²) in [5.41, 5.74) is 1.55. The fourth-order valence-electron chi connectivity index (χ4n) is 3.54. The Hall–Kier alpha value is -3.02. The molecule has 1 N–H and O–H groups in total. The molecule has 0 saturated carbocycles. The van der Waals surface area contributed by atoms with Gasteiger partial charge in [0.2, 0.25) is 0 Å². The minimum Gasteiger partial charge on any atom is -0.497 e. The van der Waals surface area contributed by atoms with E-state index in [0.717, 1.165) is 28.2 Å². The van der Waals surface area contributed by atoms with E-state index in [4.69, 9.17) is 18.7 Å². The molecule has 0 aliphatic carbocycles. The van der Waals surface area contributed by atoms with Gasteiger partial charge in [-0.3, -0.25) is 0 Å². The Morgan fingerprint density at radius 1 is 0.875 bits per heavy atom. The van der Waals surface area contributed by atoms with Crippen LogP contribution < -0.4 is 9.47 Å². The van der Waals surface area contributed by atoms with Gasteiger partial charge in [-0.2, -0.15) is 0 Å². The van der Waals surface area contributed by atoms with E-state index in [-0.39, 0.29) is 6.61 Å². The van der Waals surface area contributed by atoms with Gasteiger partial charge < -0.3 is 14.2 Å². The topological polar surface area (TPSA) is 74.2 Å². The minimum absolute atomic E-state index is 0.00190. The molecular formula is C25H26O6P+. The number of benzene rings is 3. The van der Waals surface area contributed by atoms with E-state index in [2.05, 4.69) is 6.58 Å². The molecule has 0 saturated heterocycles. The molecule has 3 rings (SSSR count). The summed E-state index contributed by atoms with van der Waals surface area (Å²) in [6.45, 7) is 3.70. The van der Waals surface area contributed by atoms with Gasteiger partial charge in [-0.1, -0.05) is 60.7 Å². The molecule has 0 aliphatic rings. The van der Waals surface area contributed by atoms with Crippen molar-refractivity contribution in [3.05, 3.63) is 108 Å². The van der Waals surface area contributed by atoms with Crippen LogP contribution >= 0.6 is 8.25 Å². The molecule has 0 aromatic heterocycles. The Labute approximate surface area is 189 Å². The van der Waals surface area contributed by atoms with E-state index in [1.54, 1.807) is 14.2 Å². The lowest BCUT2D eigenvalue weighted by Gasteiger charge is -2.36. The zero-order chi connectivity index (χ0) is 23.0. The molecule has 0 bridgehead atoms. The first-order valence-corrected chi connectivity index (χ1v) is 11.1. The van der Waals surface area contributed by atoms with E-state index in [0.29, 0.717) is 0 Å². The first-order chi connectivity index (χ1) is 15.5. The van der Waals surface area contributed by atoms with Crippen molar-refractivity contribution in [2.45, 2.75) is 11.7 Å². The van der Waals surface area contributed by atoms with Crippen LogP contribution in [0.4, 0.5) is 0 Å². The van der Waals surface area contributed by atoms with Gasteiger partial charge in [-0.05, 0) is 41.0 Å². The molecule has 0 fully saturated rings. The highest BCUT2D eigenvalue weighted by molar-refractivity contribution is 7.32.